The number of benzene rings is 2. The summed E-state index contributed by atoms with van der Waals surface area (Å²) < 4.78 is 37.5. The van der Waals surface area contributed by atoms with E-state index in [1.165, 1.54) is 29.1 Å². The fourth-order valence-corrected chi connectivity index (χ4v) is 4.26. The number of hydrogen-bond donors (Lipinski definition) is 3. The van der Waals surface area contributed by atoms with E-state index in [9.17, 15) is 18.7 Å². The van der Waals surface area contributed by atoms with E-state index in [4.69, 9.17) is 10.5 Å². The van der Waals surface area contributed by atoms with Gasteiger partial charge in [-0.1, -0.05) is 30.3 Å². The standard InChI is InChI=1S/C26H29F2N5O4/c1-16-23(24(29)33(32-16)15-20(34)18-7-3-2-4-8-18)25(35)31-30-14-17-11-12-21(37-26(27)28)22(13-17)36-19-9-5-6-10-19/h2-4,7-8,11-14,19-20,26,34H,5-6,9-10,15,29H2,1H3,(H,31,35)/b30-14-. The number of carbonyl (C=O) groups excluding carboxylic acids is 1. The molecule has 2 aromatic carbocycles. The number of alkyl halides is 2. The monoisotopic (exact) mass is 513 g/mol. The van der Waals surface area contributed by atoms with E-state index in [2.05, 4.69) is 20.4 Å². The Morgan fingerprint density at radius 1 is 1.24 bits per heavy atom. The summed E-state index contributed by atoms with van der Waals surface area (Å²) in [6.07, 6.45) is 4.18. The molecule has 0 radical (unpaired) electrons. The fourth-order valence-electron chi connectivity index (χ4n) is 4.26. The maximum Gasteiger partial charge on any atom is 0.387 e. The molecule has 0 bridgehead atoms. The molecule has 1 saturated carbocycles. The molecule has 1 aromatic heterocycles. The third-order valence-electron chi connectivity index (χ3n) is 6.08. The maximum absolute atomic E-state index is 12.8. The fraction of sp³-hybridized carbons (Fsp3) is 0.346. The van der Waals surface area contributed by atoms with E-state index >= 15 is 0 Å². The van der Waals surface area contributed by atoms with E-state index in [0.29, 0.717) is 16.8 Å². The van der Waals surface area contributed by atoms with Gasteiger partial charge in [-0.2, -0.15) is 19.0 Å². The van der Waals surface area contributed by atoms with Gasteiger partial charge in [-0.25, -0.2) is 10.1 Å². The summed E-state index contributed by atoms with van der Waals surface area (Å²) in [5, 5.41) is 18.7. The van der Waals surface area contributed by atoms with Crippen molar-refractivity contribution in [2.45, 2.75) is 58.0 Å². The molecule has 1 atom stereocenters. The lowest BCUT2D eigenvalue weighted by Crippen LogP contribution is -2.20. The van der Waals surface area contributed by atoms with Crippen molar-refractivity contribution < 1.29 is 28.2 Å². The highest BCUT2D eigenvalue weighted by Crippen LogP contribution is 2.33. The van der Waals surface area contributed by atoms with E-state index in [1.807, 2.05) is 18.2 Å². The molecule has 0 aliphatic heterocycles. The molecule has 3 aromatic rings. The smallest absolute Gasteiger partial charge is 0.387 e. The second-order valence-electron chi connectivity index (χ2n) is 8.76. The average Bonchev–Trinajstić information content (AvgIpc) is 3.48. The summed E-state index contributed by atoms with van der Waals surface area (Å²) in [5.74, 6) is -0.342. The summed E-state index contributed by atoms with van der Waals surface area (Å²) in [7, 11) is 0. The molecule has 0 spiro atoms. The summed E-state index contributed by atoms with van der Waals surface area (Å²) in [4.78, 5) is 12.8. The van der Waals surface area contributed by atoms with Gasteiger partial charge in [-0.15, -0.1) is 0 Å². The van der Waals surface area contributed by atoms with Crippen LogP contribution < -0.4 is 20.6 Å². The van der Waals surface area contributed by atoms with Gasteiger partial charge >= 0.3 is 6.61 Å². The highest BCUT2D eigenvalue weighted by atomic mass is 19.3. The molecule has 1 fully saturated rings. The Bertz CT molecular complexity index is 1240. The molecule has 0 saturated heterocycles. The number of halogens is 2. The molecule has 1 aliphatic rings. The third-order valence-corrected chi connectivity index (χ3v) is 6.08. The van der Waals surface area contributed by atoms with Crippen molar-refractivity contribution >= 4 is 17.9 Å². The Balaban J connectivity index is 1.44. The van der Waals surface area contributed by atoms with Crippen molar-refractivity contribution in [2.75, 3.05) is 5.73 Å². The van der Waals surface area contributed by atoms with Crippen LogP contribution in [0.25, 0.3) is 0 Å². The van der Waals surface area contributed by atoms with E-state index in [-0.39, 0.29) is 35.5 Å². The van der Waals surface area contributed by atoms with Crippen LogP contribution in [0.5, 0.6) is 11.5 Å². The van der Waals surface area contributed by atoms with Crippen molar-refractivity contribution in [3.05, 3.63) is 70.9 Å². The molecule has 4 N–H and O–H groups in total. The number of amides is 1. The lowest BCUT2D eigenvalue weighted by atomic mass is 10.1. The number of carbonyl (C=O) groups is 1. The first-order valence-electron chi connectivity index (χ1n) is 12.0. The van der Waals surface area contributed by atoms with Gasteiger partial charge in [0.2, 0.25) is 0 Å². The Kier molecular flexibility index (Phi) is 8.34. The van der Waals surface area contributed by atoms with Crippen molar-refractivity contribution in [3.8, 4) is 11.5 Å². The summed E-state index contributed by atoms with van der Waals surface area (Å²) >= 11 is 0. The topological polar surface area (TPSA) is 124 Å². The minimum atomic E-state index is -2.98. The van der Waals surface area contributed by atoms with Crippen LogP contribution in [-0.4, -0.2) is 39.7 Å². The Morgan fingerprint density at radius 3 is 2.68 bits per heavy atom. The first kappa shape index (κ1) is 26.1. The predicted octanol–water partition coefficient (Wildman–Crippen LogP) is 4.19. The number of nitrogens with zero attached hydrogens (tertiary/aromatic N) is 3. The summed E-state index contributed by atoms with van der Waals surface area (Å²) in [5.41, 5.74) is 10.3. The van der Waals surface area contributed by atoms with Crippen LogP contribution in [0.1, 0.15) is 59.0 Å². The molecule has 9 nitrogen and oxygen atoms in total. The van der Waals surface area contributed by atoms with Crippen LogP contribution in [0, 0.1) is 6.92 Å². The zero-order valence-corrected chi connectivity index (χ0v) is 20.3. The van der Waals surface area contributed by atoms with Gasteiger partial charge in [-0.3, -0.25) is 4.79 Å². The van der Waals surface area contributed by atoms with Gasteiger partial charge in [0.15, 0.2) is 11.5 Å². The van der Waals surface area contributed by atoms with Crippen LogP contribution in [0.3, 0.4) is 0 Å². The summed E-state index contributed by atoms with van der Waals surface area (Å²) in [6.45, 7) is -1.27. The van der Waals surface area contributed by atoms with Gasteiger partial charge in [-0.05, 0) is 61.9 Å². The second-order valence-corrected chi connectivity index (χ2v) is 8.76. The zero-order valence-electron chi connectivity index (χ0n) is 20.3. The largest absolute Gasteiger partial charge is 0.487 e. The molecule has 1 unspecified atom stereocenters. The molecule has 1 heterocycles. The van der Waals surface area contributed by atoms with Crippen LogP contribution in [-0.2, 0) is 6.54 Å². The molecule has 1 aliphatic carbocycles. The molecule has 4 rings (SSSR count). The average molecular weight is 514 g/mol. The minimum Gasteiger partial charge on any atom is -0.487 e. The maximum atomic E-state index is 12.8. The molecular weight excluding hydrogens is 484 g/mol. The summed E-state index contributed by atoms with van der Waals surface area (Å²) in [6, 6.07) is 13.5. The Hall–Kier alpha value is -3.99. The number of nitrogen functional groups attached to an aromatic ring is 1. The van der Waals surface area contributed by atoms with E-state index in [0.717, 1.165) is 25.7 Å². The first-order chi connectivity index (χ1) is 17.8. The number of aryl methyl sites for hydroxylation is 1. The van der Waals surface area contributed by atoms with E-state index < -0.39 is 18.6 Å². The first-order valence-corrected chi connectivity index (χ1v) is 12.0. The molecular formula is C26H29F2N5O4. The molecule has 1 amide bonds. The SMILES string of the molecule is Cc1nn(CC(O)c2ccccc2)c(N)c1C(=O)N/N=C\c1ccc(OC(F)F)c(OC2CCCC2)c1. The number of ether oxygens (including phenoxy) is 2. The number of anilines is 1. The van der Waals surface area contributed by atoms with Crippen LogP contribution in [0.15, 0.2) is 53.6 Å². The van der Waals surface area contributed by atoms with Crippen LogP contribution in [0.4, 0.5) is 14.6 Å². The van der Waals surface area contributed by atoms with Crippen molar-refractivity contribution in [3.63, 3.8) is 0 Å². The molecule has 196 valence electrons. The number of nitrogens with two attached hydrogens (primary N) is 1. The van der Waals surface area contributed by atoms with Crippen LogP contribution in [0.2, 0.25) is 0 Å². The minimum absolute atomic E-state index is 0.0587. The van der Waals surface area contributed by atoms with Gasteiger partial charge in [0, 0.05) is 0 Å². The number of aliphatic hydroxyl groups is 1. The third kappa shape index (κ3) is 6.62. The predicted molar refractivity (Wildman–Crippen MR) is 134 cm³/mol. The van der Waals surface area contributed by atoms with Gasteiger partial charge in [0.25, 0.3) is 5.91 Å². The number of nitrogens with one attached hydrogen (secondary N) is 1. The Labute approximate surface area is 212 Å². The van der Waals surface area contributed by atoms with Gasteiger partial charge in [0.05, 0.1) is 30.7 Å². The van der Waals surface area contributed by atoms with Gasteiger partial charge in [0.1, 0.15) is 11.4 Å². The highest BCUT2D eigenvalue weighted by molar-refractivity contribution is 6.00. The van der Waals surface area contributed by atoms with Crippen molar-refractivity contribution in [1.29, 1.82) is 0 Å². The molecule has 37 heavy (non-hydrogen) atoms. The number of rotatable bonds is 10. The quantitative estimate of drug-likeness (QED) is 0.276. The lowest BCUT2D eigenvalue weighted by Gasteiger charge is -2.17. The zero-order chi connectivity index (χ0) is 26.4. The van der Waals surface area contributed by atoms with Crippen molar-refractivity contribution in [2.24, 2.45) is 5.10 Å². The number of hydrogen-bond acceptors (Lipinski definition) is 7. The van der Waals surface area contributed by atoms with Crippen molar-refractivity contribution in [1.82, 2.24) is 15.2 Å². The Morgan fingerprint density at radius 2 is 1.97 bits per heavy atom. The van der Waals surface area contributed by atoms with E-state index in [1.54, 1.807) is 19.1 Å². The highest BCUT2D eigenvalue weighted by Gasteiger charge is 2.22. The molecule has 11 heteroatoms. The number of aromatic nitrogens is 2. The second kappa shape index (κ2) is 11.8. The van der Waals surface area contributed by atoms with Gasteiger partial charge < -0.3 is 20.3 Å². The lowest BCUT2D eigenvalue weighted by molar-refractivity contribution is -0.0520. The number of aliphatic hydroxyl groups excluding tert-OH is 1. The normalized spacial score (nSPS) is 14.8. The number of hydrazone groups is 1. The van der Waals surface area contributed by atoms with Crippen LogP contribution >= 0.6 is 0 Å².